The fourth-order valence-corrected chi connectivity index (χ4v) is 4.00. The minimum atomic E-state index is -1.09. The molecule has 3 fully saturated rings. The van der Waals surface area contributed by atoms with E-state index >= 15 is 0 Å². The lowest BCUT2D eigenvalue weighted by molar-refractivity contribution is -0.265. The molecule has 2 heterocycles. The van der Waals surface area contributed by atoms with E-state index in [1.54, 1.807) is 0 Å². The average Bonchev–Trinajstić information content (AvgIpc) is 2.97. The van der Waals surface area contributed by atoms with Crippen molar-refractivity contribution < 1.29 is 34.3 Å². The zero-order chi connectivity index (χ0) is 16.2. The van der Waals surface area contributed by atoms with Gasteiger partial charge in [0.25, 0.3) is 0 Å². The highest BCUT2D eigenvalue weighted by atomic mass is 16.7. The smallest absolute Gasteiger partial charge is 0.338 e. The SMILES string of the molecule is O=C(O[C@@H]1C[C@@]2(O)CO[C@H]3O[C@H](O)CC1C32)c1ccc(O)cc1. The van der Waals surface area contributed by atoms with E-state index < -0.39 is 30.3 Å². The summed E-state index contributed by atoms with van der Waals surface area (Å²) < 4.78 is 16.3. The number of ether oxygens (including phenoxy) is 3. The molecular formula is C16H18O7. The van der Waals surface area contributed by atoms with E-state index in [0.29, 0.717) is 12.0 Å². The monoisotopic (exact) mass is 322 g/mol. The van der Waals surface area contributed by atoms with Gasteiger partial charge in [0.15, 0.2) is 12.6 Å². The van der Waals surface area contributed by atoms with Crippen LogP contribution in [0.3, 0.4) is 0 Å². The van der Waals surface area contributed by atoms with Gasteiger partial charge < -0.3 is 29.5 Å². The minimum absolute atomic E-state index is 0.0683. The van der Waals surface area contributed by atoms with Gasteiger partial charge in [0, 0.05) is 24.7 Å². The quantitative estimate of drug-likeness (QED) is 0.676. The Morgan fingerprint density at radius 1 is 1.30 bits per heavy atom. The summed E-state index contributed by atoms with van der Waals surface area (Å²) in [6, 6.07) is 5.78. The van der Waals surface area contributed by atoms with Crippen LogP contribution in [0.2, 0.25) is 0 Å². The first-order valence-corrected chi connectivity index (χ1v) is 7.64. The summed E-state index contributed by atoms with van der Waals surface area (Å²) >= 11 is 0. The van der Waals surface area contributed by atoms with Crippen LogP contribution in [0.25, 0.3) is 0 Å². The van der Waals surface area contributed by atoms with Gasteiger partial charge in [0.2, 0.25) is 0 Å². The molecule has 3 N–H and O–H groups in total. The number of carbonyl (C=O) groups is 1. The molecule has 1 saturated carbocycles. The van der Waals surface area contributed by atoms with Crippen LogP contribution in [0.15, 0.2) is 24.3 Å². The molecule has 6 atom stereocenters. The highest BCUT2D eigenvalue weighted by molar-refractivity contribution is 5.89. The number of benzene rings is 1. The second-order valence-corrected chi connectivity index (χ2v) is 6.49. The molecule has 2 saturated heterocycles. The molecule has 0 radical (unpaired) electrons. The normalized spacial score (nSPS) is 41.6. The fourth-order valence-electron chi connectivity index (χ4n) is 4.00. The van der Waals surface area contributed by atoms with Crippen molar-refractivity contribution in [3.05, 3.63) is 29.8 Å². The summed E-state index contributed by atoms with van der Waals surface area (Å²) in [5, 5.41) is 29.8. The Bertz CT molecular complexity index is 615. The summed E-state index contributed by atoms with van der Waals surface area (Å²) in [5.41, 5.74) is -0.762. The third kappa shape index (κ3) is 2.40. The fraction of sp³-hybridized carbons (Fsp3) is 0.562. The molecule has 7 nitrogen and oxygen atoms in total. The van der Waals surface area contributed by atoms with Gasteiger partial charge >= 0.3 is 5.97 Å². The number of aromatic hydroxyl groups is 1. The third-order valence-electron chi connectivity index (χ3n) is 5.03. The zero-order valence-corrected chi connectivity index (χ0v) is 12.3. The Hall–Kier alpha value is -1.67. The predicted molar refractivity (Wildman–Crippen MR) is 75.3 cm³/mol. The lowest BCUT2D eigenvalue weighted by atomic mass is 9.84. The second kappa shape index (κ2) is 5.17. The Morgan fingerprint density at radius 2 is 2.04 bits per heavy atom. The van der Waals surface area contributed by atoms with E-state index in [-0.39, 0.29) is 30.6 Å². The molecule has 0 spiro atoms. The Kier molecular flexibility index (Phi) is 3.35. The van der Waals surface area contributed by atoms with Gasteiger partial charge in [-0.05, 0) is 24.3 Å². The Morgan fingerprint density at radius 3 is 2.78 bits per heavy atom. The molecule has 2 unspecified atom stereocenters. The van der Waals surface area contributed by atoms with Crippen LogP contribution in [0, 0.1) is 11.8 Å². The van der Waals surface area contributed by atoms with Gasteiger partial charge in [0.05, 0.1) is 17.8 Å². The topological polar surface area (TPSA) is 105 Å². The number of aliphatic hydroxyl groups is 2. The van der Waals surface area contributed by atoms with Crippen molar-refractivity contribution in [2.45, 2.75) is 37.1 Å². The van der Waals surface area contributed by atoms with Crippen LogP contribution < -0.4 is 0 Å². The van der Waals surface area contributed by atoms with E-state index in [0.717, 1.165) is 0 Å². The number of rotatable bonds is 2. The lowest BCUT2D eigenvalue weighted by Crippen LogP contribution is -2.44. The number of aliphatic hydroxyl groups excluding tert-OH is 1. The maximum atomic E-state index is 12.3. The van der Waals surface area contributed by atoms with Crippen molar-refractivity contribution in [3.63, 3.8) is 0 Å². The predicted octanol–water partition coefficient (Wildman–Crippen LogP) is 0.380. The molecule has 1 aromatic carbocycles. The molecule has 1 aliphatic carbocycles. The standard InChI is InChI=1S/C16H18O7/c17-9-3-1-8(2-4-9)14(19)22-11-6-16(20)7-21-15-13(16)10(11)5-12(18)23-15/h1-4,10-13,15,17-18,20H,5-7H2/t10?,11-,12+,13?,15+,16-/m1/s1. The molecular weight excluding hydrogens is 304 g/mol. The number of esters is 1. The molecule has 124 valence electrons. The molecule has 4 rings (SSSR count). The zero-order valence-electron chi connectivity index (χ0n) is 12.3. The molecule has 3 aliphatic rings. The Balaban J connectivity index is 1.53. The average molecular weight is 322 g/mol. The van der Waals surface area contributed by atoms with Crippen LogP contribution in [0.5, 0.6) is 5.75 Å². The first-order valence-electron chi connectivity index (χ1n) is 7.64. The van der Waals surface area contributed by atoms with E-state index in [9.17, 15) is 20.1 Å². The maximum Gasteiger partial charge on any atom is 0.338 e. The highest BCUT2D eigenvalue weighted by Gasteiger charge is 2.64. The molecule has 1 aromatic rings. The number of hydrogen-bond acceptors (Lipinski definition) is 7. The van der Waals surface area contributed by atoms with E-state index in [4.69, 9.17) is 14.2 Å². The molecule has 0 amide bonds. The van der Waals surface area contributed by atoms with Crippen molar-refractivity contribution in [1.29, 1.82) is 0 Å². The first-order chi connectivity index (χ1) is 11.0. The molecule has 23 heavy (non-hydrogen) atoms. The Labute approximate surface area is 132 Å². The van der Waals surface area contributed by atoms with Gasteiger partial charge in [-0.3, -0.25) is 0 Å². The van der Waals surface area contributed by atoms with Crippen molar-refractivity contribution in [1.82, 2.24) is 0 Å². The first kappa shape index (κ1) is 14.9. The van der Waals surface area contributed by atoms with Crippen LogP contribution in [0.4, 0.5) is 0 Å². The summed E-state index contributed by atoms with van der Waals surface area (Å²) in [6.45, 7) is 0.110. The molecule has 7 heteroatoms. The van der Waals surface area contributed by atoms with Crippen molar-refractivity contribution in [3.8, 4) is 5.75 Å². The van der Waals surface area contributed by atoms with Crippen LogP contribution in [-0.2, 0) is 14.2 Å². The summed E-state index contributed by atoms with van der Waals surface area (Å²) in [5.74, 6) is -0.961. The molecule has 2 aliphatic heterocycles. The van der Waals surface area contributed by atoms with Gasteiger partial charge in [-0.25, -0.2) is 4.79 Å². The van der Waals surface area contributed by atoms with Crippen LogP contribution in [-0.4, -0.2) is 52.2 Å². The van der Waals surface area contributed by atoms with E-state index in [2.05, 4.69) is 0 Å². The largest absolute Gasteiger partial charge is 0.508 e. The van der Waals surface area contributed by atoms with Crippen molar-refractivity contribution in [2.75, 3.05) is 6.61 Å². The van der Waals surface area contributed by atoms with Gasteiger partial charge in [0.1, 0.15) is 11.9 Å². The number of carbonyl (C=O) groups excluding carboxylic acids is 1. The summed E-state index contributed by atoms with van der Waals surface area (Å²) in [7, 11) is 0. The highest BCUT2D eigenvalue weighted by Crippen LogP contribution is 2.53. The minimum Gasteiger partial charge on any atom is -0.508 e. The van der Waals surface area contributed by atoms with E-state index in [1.165, 1.54) is 24.3 Å². The number of phenols is 1. The maximum absolute atomic E-state index is 12.3. The van der Waals surface area contributed by atoms with Gasteiger partial charge in [-0.1, -0.05) is 0 Å². The van der Waals surface area contributed by atoms with Crippen LogP contribution in [0.1, 0.15) is 23.2 Å². The third-order valence-corrected chi connectivity index (χ3v) is 5.03. The summed E-state index contributed by atoms with van der Waals surface area (Å²) in [6.07, 6.45) is -1.60. The van der Waals surface area contributed by atoms with Crippen LogP contribution >= 0.6 is 0 Å². The van der Waals surface area contributed by atoms with Crippen molar-refractivity contribution >= 4 is 5.97 Å². The van der Waals surface area contributed by atoms with Crippen molar-refractivity contribution in [2.24, 2.45) is 11.8 Å². The second-order valence-electron chi connectivity index (χ2n) is 6.49. The lowest BCUT2D eigenvalue weighted by Gasteiger charge is -2.35. The molecule has 0 aromatic heterocycles. The number of phenolic OH excluding ortho intramolecular Hbond substituents is 1. The summed E-state index contributed by atoms with van der Waals surface area (Å²) in [4.78, 5) is 12.3. The number of hydrogen-bond donors (Lipinski definition) is 3. The van der Waals surface area contributed by atoms with Gasteiger partial charge in [-0.15, -0.1) is 0 Å². The van der Waals surface area contributed by atoms with E-state index in [1.807, 2.05) is 0 Å². The molecule has 0 bridgehead atoms. The van der Waals surface area contributed by atoms with Gasteiger partial charge in [-0.2, -0.15) is 0 Å².